The topological polar surface area (TPSA) is 68.0 Å². The number of carbonyl (C=O) groups is 1. The van der Waals surface area contributed by atoms with Crippen LogP contribution in [0.25, 0.3) is 10.8 Å². The number of aryl methyl sites for hydroxylation is 1. The van der Waals surface area contributed by atoms with Gasteiger partial charge in [-0.05, 0) is 42.1 Å². The van der Waals surface area contributed by atoms with Crippen molar-refractivity contribution in [3.8, 4) is 10.8 Å². The molecule has 2 aromatic heterocycles. The Morgan fingerprint density at radius 1 is 1.36 bits per heavy atom. The van der Waals surface area contributed by atoms with Gasteiger partial charge in [0.25, 0.3) is 5.89 Å². The molecule has 0 fully saturated rings. The van der Waals surface area contributed by atoms with Crippen LogP contribution in [0.2, 0.25) is 0 Å². The molecule has 0 aliphatic carbocycles. The molecule has 0 atom stereocenters. The van der Waals surface area contributed by atoms with Crippen LogP contribution >= 0.6 is 11.3 Å². The lowest BCUT2D eigenvalue weighted by Crippen LogP contribution is -2.14. The van der Waals surface area contributed by atoms with Crippen LogP contribution in [-0.2, 0) is 11.2 Å². The predicted octanol–water partition coefficient (Wildman–Crippen LogP) is 3.43. The Kier molecular flexibility index (Phi) is 3.97. The summed E-state index contributed by atoms with van der Waals surface area (Å²) in [6.07, 6.45) is -0.0616. The van der Waals surface area contributed by atoms with E-state index in [0.29, 0.717) is 11.6 Å². The molecule has 22 heavy (non-hydrogen) atoms. The van der Waals surface area contributed by atoms with Crippen LogP contribution in [0.3, 0.4) is 0 Å². The maximum atomic E-state index is 13.1. The summed E-state index contributed by atoms with van der Waals surface area (Å²) in [4.78, 5) is 12.8. The first-order valence-electron chi connectivity index (χ1n) is 6.54. The first kappa shape index (κ1) is 14.4. The third kappa shape index (κ3) is 3.20. The van der Waals surface area contributed by atoms with E-state index in [9.17, 15) is 9.18 Å². The number of aromatic nitrogens is 2. The summed E-state index contributed by atoms with van der Waals surface area (Å²) in [5.41, 5.74) is 1.43. The van der Waals surface area contributed by atoms with Crippen LogP contribution in [0.1, 0.15) is 11.5 Å². The number of hydrogen-bond donors (Lipinski definition) is 1. The zero-order valence-electron chi connectivity index (χ0n) is 11.7. The van der Waals surface area contributed by atoms with Gasteiger partial charge in [-0.3, -0.25) is 4.79 Å². The molecule has 0 aliphatic rings. The molecule has 5 nitrogen and oxygen atoms in total. The summed E-state index contributed by atoms with van der Waals surface area (Å²) in [6, 6.07) is 7.64. The maximum absolute atomic E-state index is 13.1. The SMILES string of the molecule is Cc1ccsc1-c1nnc(CC(=O)Nc2cccc(F)c2)o1. The van der Waals surface area contributed by atoms with Gasteiger partial charge in [0.2, 0.25) is 11.8 Å². The minimum atomic E-state index is -0.411. The van der Waals surface area contributed by atoms with E-state index in [1.807, 2.05) is 18.4 Å². The standard InChI is InChI=1S/C15H12FN3O2S/c1-9-5-6-22-14(9)15-19-18-13(21-15)8-12(20)17-11-4-2-3-10(16)7-11/h2-7H,8H2,1H3,(H,17,20). The Labute approximate surface area is 129 Å². The van der Waals surface area contributed by atoms with E-state index in [2.05, 4.69) is 15.5 Å². The number of thiophene rings is 1. The molecule has 2 heterocycles. The summed E-state index contributed by atoms with van der Waals surface area (Å²) in [6.45, 7) is 1.95. The highest BCUT2D eigenvalue weighted by atomic mass is 32.1. The van der Waals surface area contributed by atoms with E-state index in [4.69, 9.17) is 4.42 Å². The van der Waals surface area contributed by atoms with Crippen molar-refractivity contribution < 1.29 is 13.6 Å². The highest BCUT2D eigenvalue weighted by Crippen LogP contribution is 2.27. The van der Waals surface area contributed by atoms with E-state index in [0.717, 1.165) is 10.4 Å². The second kappa shape index (κ2) is 6.07. The van der Waals surface area contributed by atoms with Crippen LogP contribution in [0.15, 0.2) is 40.1 Å². The van der Waals surface area contributed by atoms with Crippen LogP contribution < -0.4 is 5.32 Å². The Morgan fingerprint density at radius 2 is 2.23 bits per heavy atom. The van der Waals surface area contributed by atoms with Crippen LogP contribution in [0.4, 0.5) is 10.1 Å². The lowest BCUT2D eigenvalue weighted by atomic mass is 10.3. The fourth-order valence-electron chi connectivity index (χ4n) is 1.92. The largest absolute Gasteiger partial charge is 0.419 e. The van der Waals surface area contributed by atoms with Gasteiger partial charge in [-0.25, -0.2) is 4.39 Å². The molecule has 0 saturated carbocycles. The molecule has 1 amide bonds. The van der Waals surface area contributed by atoms with Crippen molar-refractivity contribution in [2.45, 2.75) is 13.3 Å². The molecule has 7 heteroatoms. The van der Waals surface area contributed by atoms with E-state index in [1.165, 1.54) is 29.5 Å². The highest BCUT2D eigenvalue weighted by Gasteiger charge is 2.14. The smallest absolute Gasteiger partial charge is 0.258 e. The Hall–Kier alpha value is -2.54. The predicted molar refractivity (Wildman–Crippen MR) is 81.1 cm³/mol. The number of rotatable bonds is 4. The molecule has 112 valence electrons. The average Bonchev–Trinajstić information content (AvgIpc) is 3.07. The number of nitrogens with one attached hydrogen (secondary N) is 1. The van der Waals surface area contributed by atoms with Crippen molar-refractivity contribution in [2.75, 3.05) is 5.32 Å². The third-order valence-corrected chi connectivity index (χ3v) is 3.95. The fraction of sp³-hybridized carbons (Fsp3) is 0.133. The number of benzene rings is 1. The molecule has 0 unspecified atom stereocenters. The third-order valence-electron chi connectivity index (χ3n) is 2.94. The van der Waals surface area contributed by atoms with E-state index < -0.39 is 5.82 Å². The molecule has 3 aromatic rings. The quantitative estimate of drug-likeness (QED) is 0.800. The van der Waals surface area contributed by atoms with Crippen LogP contribution in [0, 0.1) is 12.7 Å². The van der Waals surface area contributed by atoms with Crippen molar-refractivity contribution in [3.05, 3.63) is 53.0 Å². The first-order chi connectivity index (χ1) is 10.6. The van der Waals surface area contributed by atoms with Gasteiger partial charge in [-0.2, -0.15) is 0 Å². The van der Waals surface area contributed by atoms with Gasteiger partial charge in [0.1, 0.15) is 12.2 Å². The molecular weight excluding hydrogens is 305 g/mol. The molecule has 1 aromatic carbocycles. The Bertz CT molecular complexity index is 812. The minimum absolute atomic E-state index is 0.0616. The van der Waals surface area contributed by atoms with Crippen molar-refractivity contribution in [2.24, 2.45) is 0 Å². The van der Waals surface area contributed by atoms with Crippen molar-refractivity contribution in [1.29, 1.82) is 0 Å². The van der Waals surface area contributed by atoms with E-state index in [1.54, 1.807) is 6.07 Å². The molecule has 0 bridgehead atoms. The zero-order valence-corrected chi connectivity index (χ0v) is 12.5. The molecular formula is C15H12FN3O2S. The van der Waals surface area contributed by atoms with Gasteiger partial charge in [-0.15, -0.1) is 21.5 Å². The van der Waals surface area contributed by atoms with Crippen LogP contribution in [-0.4, -0.2) is 16.1 Å². The normalized spacial score (nSPS) is 10.6. The minimum Gasteiger partial charge on any atom is -0.419 e. The summed E-state index contributed by atoms with van der Waals surface area (Å²) in [5.74, 6) is -0.132. The molecule has 3 rings (SSSR count). The van der Waals surface area contributed by atoms with Crippen LogP contribution in [0.5, 0.6) is 0 Å². The van der Waals surface area contributed by atoms with Gasteiger partial charge in [0, 0.05) is 5.69 Å². The van der Waals surface area contributed by atoms with Gasteiger partial charge >= 0.3 is 0 Å². The number of nitrogens with zero attached hydrogens (tertiary/aromatic N) is 2. The van der Waals surface area contributed by atoms with E-state index in [-0.39, 0.29) is 18.2 Å². The zero-order chi connectivity index (χ0) is 15.5. The van der Waals surface area contributed by atoms with E-state index >= 15 is 0 Å². The number of carbonyl (C=O) groups excluding carboxylic acids is 1. The first-order valence-corrected chi connectivity index (χ1v) is 7.42. The Balaban J connectivity index is 1.67. The second-order valence-corrected chi connectivity index (χ2v) is 5.59. The van der Waals surface area contributed by atoms with Crippen molar-refractivity contribution >= 4 is 22.9 Å². The van der Waals surface area contributed by atoms with Gasteiger partial charge < -0.3 is 9.73 Å². The number of hydrogen-bond acceptors (Lipinski definition) is 5. The molecule has 0 aliphatic heterocycles. The second-order valence-electron chi connectivity index (χ2n) is 4.67. The summed E-state index contributed by atoms with van der Waals surface area (Å²) in [5, 5.41) is 12.3. The van der Waals surface area contributed by atoms with Gasteiger partial charge in [0.05, 0.1) is 4.88 Å². The molecule has 0 spiro atoms. The molecule has 0 saturated heterocycles. The lowest BCUT2D eigenvalue weighted by Gasteiger charge is -2.02. The van der Waals surface area contributed by atoms with Gasteiger partial charge in [0.15, 0.2) is 0 Å². The Morgan fingerprint density at radius 3 is 2.95 bits per heavy atom. The van der Waals surface area contributed by atoms with Crippen molar-refractivity contribution in [3.63, 3.8) is 0 Å². The van der Waals surface area contributed by atoms with Crippen molar-refractivity contribution in [1.82, 2.24) is 10.2 Å². The summed E-state index contributed by atoms with van der Waals surface area (Å²) >= 11 is 1.50. The highest BCUT2D eigenvalue weighted by molar-refractivity contribution is 7.13. The maximum Gasteiger partial charge on any atom is 0.258 e. The number of amides is 1. The molecule has 0 radical (unpaired) electrons. The summed E-state index contributed by atoms with van der Waals surface area (Å²) < 4.78 is 18.5. The van der Waals surface area contributed by atoms with Gasteiger partial charge in [-0.1, -0.05) is 6.07 Å². The summed E-state index contributed by atoms with van der Waals surface area (Å²) in [7, 11) is 0. The fourth-order valence-corrected chi connectivity index (χ4v) is 2.76. The molecule has 1 N–H and O–H groups in total. The lowest BCUT2D eigenvalue weighted by molar-refractivity contribution is -0.115. The monoisotopic (exact) mass is 317 g/mol. The number of anilines is 1. The number of halogens is 1. The average molecular weight is 317 g/mol.